The van der Waals surface area contributed by atoms with Crippen molar-refractivity contribution in [2.24, 2.45) is 0 Å². The highest BCUT2D eigenvalue weighted by Gasteiger charge is 2.35. The second-order valence-electron chi connectivity index (χ2n) is 5.65. The van der Waals surface area contributed by atoms with Crippen LogP contribution in [0.15, 0.2) is 18.2 Å². The van der Waals surface area contributed by atoms with Crippen LogP contribution in [0.3, 0.4) is 0 Å². The molecule has 1 aliphatic rings. The van der Waals surface area contributed by atoms with E-state index in [2.05, 4.69) is 5.32 Å². The van der Waals surface area contributed by atoms with E-state index in [1.165, 1.54) is 14.2 Å². The summed E-state index contributed by atoms with van der Waals surface area (Å²) in [5.74, 6) is 1.13. The van der Waals surface area contributed by atoms with Crippen LogP contribution < -0.4 is 14.8 Å². The van der Waals surface area contributed by atoms with Crippen LogP contribution in [-0.4, -0.2) is 37.3 Å². The second-order valence-corrected chi connectivity index (χ2v) is 5.65. The van der Waals surface area contributed by atoms with Gasteiger partial charge in [-0.2, -0.15) is 0 Å². The minimum Gasteiger partial charge on any atom is -0.493 e. The van der Waals surface area contributed by atoms with E-state index in [0.29, 0.717) is 24.3 Å². The van der Waals surface area contributed by atoms with Crippen molar-refractivity contribution in [3.8, 4) is 11.5 Å². The van der Waals surface area contributed by atoms with E-state index >= 15 is 0 Å². The van der Waals surface area contributed by atoms with E-state index in [1.54, 1.807) is 18.2 Å². The summed E-state index contributed by atoms with van der Waals surface area (Å²) in [6, 6.07) is 3.97. The molecule has 8 heteroatoms. The van der Waals surface area contributed by atoms with Crippen LogP contribution in [0.1, 0.15) is 31.2 Å². The largest absolute Gasteiger partial charge is 0.493 e. The minimum absolute atomic E-state index is 0.0437. The number of nitro groups is 1. The molecule has 1 aromatic carbocycles. The number of hydrogen-bond acceptors (Lipinski definition) is 6. The summed E-state index contributed by atoms with van der Waals surface area (Å²) in [6.07, 6.45) is 2.10. The maximum atomic E-state index is 11.9. The predicted molar refractivity (Wildman–Crippen MR) is 85.9 cm³/mol. The van der Waals surface area contributed by atoms with Gasteiger partial charge in [-0.3, -0.25) is 10.1 Å². The van der Waals surface area contributed by atoms with Crippen LogP contribution in [0.5, 0.6) is 11.5 Å². The Morgan fingerprint density at radius 1 is 1.25 bits per heavy atom. The number of carbonyl (C=O) groups excluding carboxylic acids is 1. The Labute approximate surface area is 140 Å². The fraction of sp³-hybridized carbons (Fsp3) is 0.562. The topological polar surface area (TPSA) is 99.9 Å². The zero-order chi connectivity index (χ0) is 17.5. The first kappa shape index (κ1) is 17.8. The number of rotatable bonds is 6. The van der Waals surface area contributed by atoms with Crippen LogP contribution in [-0.2, 0) is 11.3 Å². The number of nitrogens with one attached hydrogen (secondary N) is 1. The molecule has 0 spiro atoms. The highest BCUT2D eigenvalue weighted by atomic mass is 16.6. The third-order valence-corrected chi connectivity index (χ3v) is 4.12. The first-order valence-electron chi connectivity index (χ1n) is 7.83. The summed E-state index contributed by atoms with van der Waals surface area (Å²) in [5.41, 5.74) is 0.734. The maximum Gasteiger partial charge on any atom is 0.407 e. The lowest BCUT2D eigenvalue weighted by molar-refractivity contribution is -0.529. The molecule has 24 heavy (non-hydrogen) atoms. The molecule has 1 amide bonds. The van der Waals surface area contributed by atoms with E-state index in [0.717, 1.165) is 18.4 Å². The van der Waals surface area contributed by atoms with E-state index in [-0.39, 0.29) is 11.5 Å². The number of amides is 1. The molecule has 1 aliphatic carbocycles. The minimum atomic E-state index is -0.743. The van der Waals surface area contributed by atoms with Crippen molar-refractivity contribution in [1.29, 1.82) is 0 Å². The van der Waals surface area contributed by atoms with Gasteiger partial charge in [-0.25, -0.2) is 4.79 Å². The summed E-state index contributed by atoms with van der Waals surface area (Å²) in [5, 5.41) is 13.7. The first-order valence-corrected chi connectivity index (χ1v) is 7.83. The van der Waals surface area contributed by atoms with E-state index in [9.17, 15) is 14.9 Å². The second kappa shape index (κ2) is 8.37. The van der Waals surface area contributed by atoms with Gasteiger partial charge in [-0.1, -0.05) is 12.5 Å². The molecular formula is C16H22N2O6. The lowest BCUT2D eigenvalue weighted by Crippen LogP contribution is -2.48. The van der Waals surface area contributed by atoms with Crippen molar-refractivity contribution in [3.05, 3.63) is 33.9 Å². The number of nitrogens with zero attached hydrogens (tertiary/aromatic N) is 1. The molecule has 0 bridgehead atoms. The smallest absolute Gasteiger partial charge is 0.407 e. The molecule has 1 N–H and O–H groups in total. The fourth-order valence-corrected chi connectivity index (χ4v) is 2.84. The lowest BCUT2D eigenvalue weighted by atomic mass is 9.91. The number of carbonyl (C=O) groups is 1. The average Bonchev–Trinajstić information content (AvgIpc) is 2.59. The van der Waals surface area contributed by atoms with Crippen LogP contribution in [0.2, 0.25) is 0 Å². The van der Waals surface area contributed by atoms with Crippen LogP contribution in [0, 0.1) is 10.1 Å². The Kier molecular flexibility index (Phi) is 6.22. The lowest BCUT2D eigenvalue weighted by Gasteiger charge is -2.25. The van der Waals surface area contributed by atoms with Gasteiger partial charge in [-0.05, 0) is 30.5 Å². The Morgan fingerprint density at radius 2 is 1.96 bits per heavy atom. The Balaban J connectivity index is 1.89. The van der Waals surface area contributed by atoms with Crippen LogP contribution in [0.4, 0.5) is 4.79 Å². The van der Waals surface area contributed by atoms with Gasteiger partial charge in [-0.15, -0.1) is 0 Å². The molecule has 1 fully saturated rings. The van der Waals surface area contributed by atoms with E-state index in [4.69, 9.17) is 14.2 Å². The molecule has 2 unspecified atom stereocenters. The molecule has 2 atom stereocenters. The van der Waals surface area contributed by atoms with E-state index < -0.39 is 18.2 Å². The van der Waals surface area contributed by atoms with Gasteiger partial charge in [0, 0.05) is 11.3 Å². The fourth-order valence-electron chi connectivity index (χ4n) is 2.84. The first-order chi connectivity index (χ1) is 11.5. The Morgan fingerprint density at radius 3 is 2.62 bits per heavy atom. The molecular weight excluding hydrogens is 316 g/mol. The molecule has 0 radical (unpaired) electrons. The summed E-state index contributed by atoms with van der Waals surface area (Å²) >= 11 is 0. The molecule has 0 aromatic heterocycles. The highest BCUT2D eigenvalue weighted by molar-refractivity contribution is 5.67. The molecule has 0 saturated heterocycles. The van der Waals surface area contributed by atoms with Gasteiger partial charge in [0.25, 0.3) is 0 Å². The van der Waals surface area contributed by atoms with Crippen molar-refractivity contribution in [2.45, 2.75) is 44.4 Å². The molecule has 0 heterocycles. The molecule has 2 rings (SSSR count). The SMILES string of the molecule is COc1ccc(COC(=O)NC2CCCCC2[N+](=O)[O-])cc1OC. The van der Waals surface area contributed by atoms with Gasteiger partial charge < -0.3 is 19.5 Å². The van der Waals surface area contributed by atoms with Gasteiger partial charge in [0.05, 0.1) is 20.3 Å². The van der Waals surface area contributed by atoms with Gasteiger partial charge in [0.1, 0.15) is 6.61 Å². The number of methoxy groups -OCH3 is 2. The summed E-state index contributed by atoms with van der Waals surface area (Å²) < 4.78 is 15.5. The standard InChI is InChI=1S/C16H22N2O6/c1-22-14-8-7-11(9-15(14)23-2)10-24-16(19)17-12-5-3-4-6-13(12)18(20)21/h7-9,12-13H,3-6,10H2,1-2H3,(H,17,19). The summed E-state index contributed by atoms with van der Waals surface area (Å²) in [4.78, 5) is 22.6. The average molecular weight is 338 g/mol. The maximum absolute atomic E-state index is 11.9. The summed E-state index contributed by atoms with van der Waals surface area (Å²) in [7, 11) is 3.06. The molecule has 0 aliphatic heterocycles. The van der Waals surface area contributed by atoms with Crippen molar-refractivity contribution in [2.75, 3.05) is 14.2 Å². The van der Waals surface area contributed by atoms with Gasteiger partial charge >= 0.3 is 6.09 Å². The summed E-state index contributed by atoms with van der Waals surface area (Å²) in [6.45, 7) is 0.0437. The Hall–Kier alpha value is -2.51. The van der Waals surface area contributed by atoms with Crippen molar-refractivity contribution in [1.82, 2.24) is 5.32 Å². The van der Waals surface area contributed by atoms with Crippen LogP contribution >= 0.6 is 0 Å². The van der Waals surface area contributed by atoms with Gasteiger partial charge in [0.15, 0.2) is 11.5 Å². The molecule has 132 valence electrons. The van der Waals surface area contributed by atoms with Gasteiger partial charge in [0.2, 0.25) is 6.04 Å². The number of benzene rings is 1. The third-order valence-electron chi connectivity index (χ3n) is 4.12. The highest BCUT2D eigenvalue weighted by Crippen LogP contribution is 2.27. The zero-order valence-electron chi connectivity index (χ0n) is 13.8. The monoisotopic (exact) mass is 338 g/mol. The van der Waals surface area contributed by atoms with Crippen molar-refractivity contribution < 1.29 is 23.9 Å². The number of hydrogen-bond donors (Lipinski definition) is 1. The predicted octanol–water partition coefficient (Wildman–Crippen LogP) is 2.52. The molecule has 1 aromatic rings. The third kappa shape index (κ3) is 4.50. The number of ether oxygens (including phenoxy) is 3. The number of alkyl carbamates (subject to hydrolysis) is 1. The van der Waals surface area contributed by atoms with Crippen molar-refractivity contribution >= 4 is 6.09 Å². The van der Waals surface area contributed by atoms with E-state index in [1.807, 2.05) is 0 Å². The van der Waals surface area contributed by atoms with Crippen LogP contribution in [0.25, 0.3) is 0 Å². The molecule has 1 saturated carbocycles. The quantitative estimate of drug-likeness (QED) is 0.632. The normalized spacial score (nSPS) is 20.1. The molecule has 8 nitrogen and oxygen atoms in total. The zero-order valence-corrected chi connectivity index (χ0v) is 13.8. The van der Waals surface area contributed by atoms with Crippen molar-refractivity contribution in [3.63, 3.8) is 0 Å². The Bertz CT molecular complexity index is 592.